The number of ether oxygens (including phenoxy) is 2. The van der Waals surface area contributed by atoms with E-state index < -0.39 is 11.8 Å². The van der Waals surface area contributed by atoms with E-state index in [9.17, 15) is 14.3 Å². The van der Waals surface area contributed by atoms with Crippen LogP contribution < -0.4 is 9.64 Å². The first-order valence-electron chi connectivity index (χ1n) is 12.9. The molecule has 2 fully saturated rings. The SMILES string of the molecule is N#Cc1ccc(COc2cccc(N3CCN(Cc4nc5sc(C(=O)O)nc5n4CC4CCO4)CC3)n2)c(F)c1. The lowest BCUT2D eigenvalue weighted by atomic mass is 10.1. The molecular weight excluding hydrogens is 537 g/mol. The zero-order valence-electron chi connectivity index (χ0n) is 21.5. The summed E-state index contributed by atoms with van der Waals surface area (Å²) < 4.78 is 27.6. The molecule has 13 heteroatoms. The summed E-state index contributed by atoms with van der Waals surface area (Å²) >= 11 is 1.09. The van der Waals surface area contributed by atoms with E-state index in [4.69, 9.17) is 19.7 Å². The van der Waals surface area contributed by atoms with Gasteiger partial charge < -0.3 is 24.0 Å². The van der Waals surface area contributed by atoms with E-state index in [2.05, 4.69) is 19.8 Å². The third-order valence-corrected chi connectivity index (χ3v) is 8.01. The summed E-state index contributed by atoms with van der Waals surface area (Å²) in [6, 6.07) is 11.8. The first-order valence-corrected chi connectivity index (χ1v) is 13.7. The molecule has 206 valence electrons. The number of hydrogen-bond donors (Lipinski definition) is 1. The number of aromatic carboxylic acids is 1. The molecule has 1 aromatic carbocycles. The predicted molar refractivity (Wildman–Crippen MR) is 144 cm³/mol. The number of anilines is 1. The van der Waals surface area contributed by atoms with Gasteiger partial charge in [-0.1, -0.05) is 23.5 Å². The predicted octanol–water partition coefficient (Wildman–Crippen LogP) is 3.29. The maximum Gasteiger partial charge on any atom is 0.365 e. The number of halogens is 1. The number of pyridine rings is 1. The maximum atomic E-state index is 14.2. The molecule has 1 unspecified atom stereocenters. The van der Waals surface area contributed by atoms with Crippen molar-refractivity contribution in [2.45, 2.75) is 32.2 Å². The topological polar surface area (TPSA) is 130 Å². The summed E-state index contributed by atoms with van der Waals surface area (Å²) in [5.41, 5.74) is 1.23. The summed E-state index contributed by atoms with van der Waals surface area (Å²) in [7, 11) is 0. The molecule has 4 aromatic rings. The van der Waals surface area contributed by atoms with E-state index in [1.165, 1.54) is 6.07 Å². The summed E-state index contributed by atoms with van der Waals surface area (Å²) in [6.45, 7) is 5.07. The second kappa shape index (κ2) is 11.2. The molecule has 5 heterocycles. The van der Waals surface area contributed by atoms with Crippen molar-refractivity contribution in [1.82, 2.24) is 24.4 Å². The highest BCUT2D eigenvalue weighted by Gasteiger charge is 2.27. The molecule has 0 bridgehead atoms. The van der Waals surface area contributed by atoms with Gasteiger partial charge in [0.05, 0.1) is 30.8 Å². The van der Waals surface area contributed by atoms with Crippen LogP contribution in [0.25, 0.3) is 10.5 Å². The molecule has 0 radical (unpaired) electrons. The maximum absolute atomic E-state index is 14.2. The van der Waals surface area contributed by atoms with Gasteiger partial charge in [-0.25, -0.2) is 19.2 Å². The second-order valence-electron chi connectivity index (χ2n) is 9.68. The highest BCUT2D eigenvalue weighted by molar-refractivity contribution is 7.19. The largest absolute Gasteiger partial charge is 0.476 e. The first kappa shape index (κ1) is 26.1. The van der Waals surface area contributed by atoms with Crippen LogP contribution in [0.1, 0.15) is 33.2 Å². The minimum Gasteiger partial charge on any atom is -0.476 e. The number of nitriles is 1. The number of rotatable bonds is 9. The van der Waals surface area contributed by atoms with Crippen molar-refractivity contribution in [3.8, 4) is 11.9 Å². The minimum absolute atomic E-state index is 0.0145. The number of aromatic nitrogens is 4. The van der Waals surface area contributed by atoms with E-state index in [0.29, 0.717) is 35.0 Å². The van der Waals surface area contributed by atoms with Crippen molar-refractivity contribution in [2.75, 3.05) is 37.7 Å². The second-order valence-corrected chi connectivity index (χ2v) is 10.7. The molecule has 11 nitrogen and oxygen atoms in total. The third-order valence-electron chi connectivity index (χ3n) is 7.08. The van der Waals surface area contributed by atoms with Gasteiger partial charge in [-0.05, 0) is 24.6 Å². The molecule has 1 atom stereocenters. The molecular formula is C27H26FN7O4S. The van der Waals surface area contributed by atoms with Gasteiger partial charge in [-0.15, -0.1) is 0 Å². The van der Waals surface area contributed by atoms with Crippen molar-refractivity contribution in [2.24, 2.45) is 0 Å². The van der Waals surface area contributed by atoms with Crippen LogP contribution in [0.15, 0.2) is 36.4 Å². The summed E-state index contributed by atoms with van der Waals surface area (Å²) in [4.78, 5) is 30.2. The van der Waals surface area contributed by atoms with Crippen molar-refractivity contribution >= 4 is 33.6 Å². The van der Waals surface area contributed by atoms with E-state index in [1.807, 2.05) is 22.8 Å². The number of fused-ring (bicyclic) bond motifs is 1. The zero-order chi connectivity index (χ0) is 27.6. The Morgan fingerprint density at radius 1 is 1.20 bits per heavy atom. The Morgan fingerprint density at radius 3 is 2.73 bits per heavy atom. The van der Waals surface area contributed by atoms with Crippen LogP contribution in [-0.2, 0) is 24.4 Å². The van der Waals surface area contributed by atoms with Crippen molar-refractivity contribution in [1.29, 1.82) is 5.26 Å². The number of nitrogens with zero attached hydrogens (tertiary/aromatic N) is 7. The van der Waals surface area contributed by atoms with Crippen LogP contribution in [0.3, 0.4) is 0 Å². The number of imidazole rings is 1. The lowest BCUT2D eigenvalue weighted by molar-refractivity contribution is -0.0592. The van der Waals surface area contributed by atoms with Crippen LogP contribution in [-0.4, -0.2) is 74.4 Å². The van der Waals surface area contributed by atoms with Crippen LogP contribution in [0.2, 0.25) is 0 Å². The van der Waals surface area contributed by atoms with Gasteiger partial charge in [-0.2, -0.15) is 10.2 Å². The first-order chi connectivity index (χ1) is 19.5. The number of hydrogen-bond acceptors (Lipinski definition) is 10. The van der Waals surface area contributed by atoms with Crippen LogP contribution in [0.4, 0.5) is 10.2 Å². The van der Waals surface area contributed by atoms with Crippen LogP contribution >= 0.6 is 11.3 Å². The molecule has 2 aliphatic rings. The molecule has 0 amide bonds. The minimum atomic E-state index is -1.04. The summed E-state index contributed by atoms with van der Waals surface area (Å²) in [5, 5.41) is 18.3. The lowest BCUT2D eigenvalue weighted by Crippen LogP contribution is -2.46. The molecule has 3 aromatic heterocycles. The Labute approximate surface area is 233 Å². The van der Waals surface area contributed by atoms with Gasteiger partial charge in [0.2, 0.25) is 10.9 Å². The van der Waals surface area contributed by atoms with Crippen LogP contribution in [0, 0.1) is 17.1 Å². The van der Waals surface area contributed by atoms with Crippen molar-refractivity contribution < 1.29 is 23.8 Å². The van der Waals surface area contributed by atoms with E-state index in [0.717, 1.165) is 62.2 Å². The van der Waals surface area contributed by atoms with Gasteiger partial charge in [0.25, 0.3) is 0 Å². The van der Waals surface area contributed by atoms with Crippen LogP contribution in [0.5, 0.6) is 5.88 Å². The molecule has 2 aliphatic heterocycles. The fourth-order valence-electron chi connectivity index (χ4n) is 4.77. The van der Waals surface area contributed by atoms with Gasteiger partial charge in [0.15, 0.2) is 10.5 Å². The monoisotopic (exact) mass is 563 g/mol. The third kappa shape index (κ3) is 5.46. The Balaban J connectivity index is 1.08. The van der Waals surface area contributed by atoms with Gasteiger partial charge >= 0.3 is 5.97 Å². The van der Waals surface area contributed by atoms with Crippen molar-refractivity contribution in [3.05, 3.63) is 64.2 Å². The average Bonchev–Trinajstić information content (AvgIpc) is 3.49. The average molecular weight is 564 g/mol. The number of carboxylic acid groups (broad SMARTS) is 1. The highest BCUT2D eigenvalue weighted by Crippen LogP contribution is 2.27. The molecule has 2 saturated heterocycles. The molecule has 6 rings (SSSR count). The van der Waals surface area contributed by atoms with Crippen molar-refractivity contribution in [3.63, 3.8) is 0 Å². The van der Waals surface area contributed by atoms with E-state index >= 15 is 0 Å². The Hall–Kier alpha value is -4.12. The molecule has 40 heavy (non-hydrogen) atoms. The molecule has 1 N–H and O–H groups in total. The summed E-state index contributed by atoms with van der Waals surface area (Å²) in [6.07, 6.45) is 1.06. The molecule has 0 saturated carbocycles. The number of piperazine rings is 1. The Morgan fingerprint density at radius 2 is 2.02 bits per heavy atom. The fraction of sp³-hybridized carbons (Fsp3) is 0.370. The fourth-order valence-corrected chi connectivity index (χ4v) is 5.57. The van der Waals surface area contributed by atoms with E-state index in [-0.39, 0.29) is 23.3 Å². The smallest absolute Gasteiger partial charge is 0.365 e. The standard InChI is InChI=1S/C27H26FN7O4S/c28-20-12-17(13-29)4-5-18(20)16-39-23-3-1-2-21(30-23)34-9-7-33(8-10-34)15-22-31-25-24(32-26(40-25)27(36)37)35(22)14-19-6-11-38-19/h1-5,12,19H,6-11,14-16H2,(H,36,37). The van der Waals surface area contributed by atoms with Gasteiger partial charge in [0.1, 0.15) is 24.1 Å². The summed E-state index contributed by atoms with van der Waals surface area (Å²) in [5.74, 6) is 0.518. The van der Waals surface area contributed by atoms with Gasteiger partial charge in [0, 0.05) is 44.4 Å². The number of carboxylic acids is 1. The number of benzene rings is 1. The van der Waals surface area contributed by atoms with Gasteiger partial charge in [-0.3, -0.25) is 4.90 Å². The Bertz CT molecular complexity index is 1590. The molecule has 0 aliphatic carbocycles. The Kier molecular flexibility index (Phi) is 7.29. The number of thiazole rings is 1. The number of carbonyl (C=O) groups is 1. The quantitative estimate of drug-likeness (QED) is 0.324. The zero-order valence-corrected chi connectivity index (χ0v) is 22.3. The van der Waals surface area contributed by atoms with E-state index in [1.54, 1.807) is 18.2 Å². The highest BCUT2D eigenvalue weighted by atomic mass is 32.1. The lowest BCUT2D eigenvalue weighted by Gasteiger charge is -2.35. The normalized spacial score (nSPS) is 17.5. The molecule has 0 spiro atoms.